The molecular formula is C10H11BrOS. The third-order valence-electron chi connectivity index (χ3n) is 1.34. The van der Waals surface area contributed by atoms with Crippen LogP contribution in [0.1, 0.15) is 19.6 Å². The average molecular weight is 259 g/mol. The first-order valence-corrected chi connectivity index (χ1v) is 5.40. The average Bonchev–Trinajstić information content (AvgIpc) is 2.29. The third-order valence-corrected chi connectivity index (χ3v) is 2.60. The maximum absolute atomic E-state index is 5.43. The highest BCUT2D eigenvalue weighted by atomic mass is 79.9. The summed E-state index contributed by atoms with van der Waals surface area (Å²) in [5, 5.41) is 0. The number of halogens is 1. The summed E-state index contributed by atoms with van der Waals surface area (Å²) in [6.45, 7) is 11.6. The van der Waals surface area contributed by atoms with Crippen LogP contribution in [0.2, 0.25) is 0 Å². The molecule has 1 heterocycles. The van der Waals surface area contributed by atoms with Crippen LogP contribution in [-0.2, 0) is 0 Å². The van der Waals surface area contributed by atoms with Crippen LogP contribution in [0, 0.1) is 0 Å². The standard InChI is InChI=1S/C10H11BrOS/c1-6(2)10-8(13-7(3)4)5-9(11)12-10/h5H,1,3H2,2,4H3. The first-order chi connectivity index (χ1) is 6.00. The second-order valence-corrected chi connectivity index (χ2v) is 4.95. The van der Waals surface area contributed by atoms with Crippen LogP contribution in [0.15, 0.2) is 38.1 Å². The first-order valence-electron chi connectivity index (χ1n) is 3.79. The summed E-state index contributed by atoms with van der Waals surface area (Å²) >= 11 is 4.89. The molecular weight excluding hydrogens is 248 g/mol. The second kappa shape index (κ2) is 4.20. The number of furan rings is 1. The molecule has 0 aromatic carbocycles. The van der Waals surface area contributed by atoms with Gasteiger partial charge >= 0.3 is 0 Å². The lowest BCUT2D eigenvalue weighted by molar-refractivity contribution is 0.522. The van der Waals surface area contributed by atoms with Crippen LogP contribution in [0.4, 0.5) is 0 Å². The molecule has 0 radical (unpaired) electrons. The number of hydrogen-bond donors (Lipinski definition) is 0. The molecule has 0 saturated carbocycles. The second-order valence-electron chi connectivity index (χ2n) is 2.83. The molecule has 0 N–H and O–H groups in total. The van der Waals surface area contributed by atoms with E-state index in [2.05, 4.69) is 29.1 Å². The number of hydrogen-bond acceptors (Lipinski definition) is 2. The van der Waals surface area contributed by atoms with Crippen molar-refractivity contribution >= 4 is 33.3 Å². The molecule has 0 aliphatic heterocycles. The van der Waals surface area contributed by atoms with Gasteiger partial charge in [-0.25, -0.2) is 0 Å². The Balaban J connectivity index is 3.04. The van der Waals surface area contributed by atoms with Crippen molar-refractivity contribution in [3.05, 3.63) is 34.6 Å². The van der Waals surface area contributed by atoms with Crippen molar-refractivity contribution in [3.63, 3.8) is 0 Å². The van der Waals surface area contributed by atoms with E-state index in [1.165, 1.54) is 0 Å². The van der Waals surface area contributed by atoms with Gasteiger partial charge in [0.15, 0.2) is 4.67 Å². The number of thioether (sulfide) groups is 1. The van der Waals surface area contributed by atoms with E-state index in [9.17, 15) is 0 Å². The van der Waals surface area contributed by atoms with Crippen LogP contribution in [0.25, 0.3) is 5.57 Å². The van der Waals surface area contributed by atoms with Gasteiger partial charge in [-0.15, -0.1) is 0 Å². The summed E-state index contributed by atoms with van der Waals surface area (Å²) in [6.07, 6.45) is 0. The van der Waals surface area contributed by atoms with Gasteiger partial charge in [0.1, 0.15) is 5.76 Å². The van der Waals surface area contributed by atoms with E-state index < -0.39 is 0 Å². The molecule has 0 atom stereocenters. The summed E-state index contributed by atoms with van der Waals surface area (Å²) in [5.74, 6) is 0.833. The van der Waals surface area contributed by atoms with E-state index in [-0.39, 0.29) is 0 Å². The summed E-state index contributed by atoms with van der Waals surface area (Å²) < 4.78 is 6.16. The van der Waals surface area contributed by atoms with E-state index in [1.54, 1.807) is 11.8 Å². The summed E-state index contributed by atoms with van der Waals surface area (Å²) in [5.41, 5.74) is 0.925. The Kier molecular flexibility index (Phi) is 3.45. The zero-order chi connectivity index (χ0) is 10.0. The van der Waals surface area contributed by atoms with Crippen LogP contribution in [0.5, 0.6) is 0 Å². The highest BCUT2D eigenvalue weighted by Gasteiger charge is 2.10. The zero-order valence-electron chi connectivity index (χ0n) is 7.69. The van der Waals surface area contributed by atoms with E-state index in [0.717, 1.165) is 25.8 Å². The fraction of sp³-hybridized carbons (Fsp3) is 0.200. The Hall–Kier alpha value is -0.410. The van der Waals surface area contributed by atoms with Crippen LogP contribution >= 0.6 is 27.7 Å². The van der Waals surface area contributed by atoms with Gasteiger partial charge in [0.2, 0.25) is 0 Å². The van der Waals surface area contributed by atoms with E-state index in [4.69, 9.17) is 4.42 Å². The predicted octanol–water partition coefficient (Wildman–Crippen LogP) is 4.70. The molecule has 0 spiro atoms. The van der Waals surface area contributed by atoms with Gasteiger partial charge in [0, 0.05) is 6.07 Å². The summed E-state index contributed by atoms with van der Waals surface area (Å²) in [4.78, 5) is 2.10. The molecule has 0 unspecified atom stereocenters. The van der Waals surface area contributed by atoms with E-state index in [0.29, 0.717) is 0 Å². The first kappa shape index (κ1) is 10.7. The van der Waals surface area contributed by atoms with Crippen molar-refractivity contribution < 1.29 is 4.42 Å². The summed E-state index contributed by atoms with van der Waals surface area (Å²) in [7, 11) is 0. The minimum Gasteiger partial charge on any atom is -0.449 e. The van der Waals surface area contributed by atoms with Crippen LogP contribution < -0.4 is 0 Å². The van der Waals surface area contributed by atoms with Crippen molar-refractivity contribution in [3.8, 4) is 0 Å². The van der Waals surface area contributed by atoms with Gasteiger partial charge in [-0.05, 0) is 40.3 Å². The molecule has 1 nitrogen and oxygen atoms in total. The Labute approximate surface area is 91.0 Å². The molecule has 1 aromatic heterocycles. The van der Waals surface area contributed by atoms with Crippen molar-refractivity contribution in [2.24, 2.45) is 0 Å². The van der Waals surface area contributed by atoms with Gasteiger partial charge < -0.3 is 4.42 Å². The molecule has 0 fully saturated rings. The minimum absolute atomic E-state index is 0.731. The van der Waals surface area contributed by atoms with Crippen molar-refractivity contribution in [1.29, 1.82) is 0 Å². The Bertz CT molecular complexity index is 352. The van der Waals surface area contributed by atoms with Gasteiger partial charge in [-0.3, -0.25) is 0 Å². The van der Waals surface area contributed by atoms with Gasteiger partial charge in [-0.1, -0.05) is 24.9 Å². The third kappa shape index (κ3) is 2.78. The molecule has 0 amide bonds. The highest BCUT2D eigenvalue weighted by molar-refractivity contribution is 9.10. The largest absolute Gasteiger partial charge is 0.449 e. The van der Waals surface area contributed by atoms with Gasteiger partial charge in [0.05, 0.1) is 4.90 Å². The molecule has 0 saturated heterocycles. The quantitative estimate of drug-likeness (QED) is 0.730. The molecule has 3 heteroatoms. The SMILES string of the molecule is C=C(C)Sc1cc(Br)oc1C(=C)C. The summed E-state index contributed by atoms with van der Waals surface area (Å²) in [6, 6.07) is 1.93. The Morgan fingerprint density at radius 3 is 2.54 bits per heavy atom. The van der Waals surface area contributed by atoms with Crippen molar-refractivity contribution in [2.45, 2.75) is 18.7 Å². The number of allylic oxidation sites excluding steroid dienone is 2. The topological polar surface area (TPSA) is 13.1 Å². The minimum atomic E-state index is 0.731. The lowest BCUT2D eigenvalue weighted by Gasteiger charge is -1.99. The van der Waals surface area contributed by atoms with E-state index in [1.807, 2.05) is 19.9 Å². The monoisotopic (exact) mass is 258 g/mol. The molecule has 70 valence electrons. The van der Waals surface area contributed by atoms with E-state index >= 15 is 0 Å². The zero-order valence-corrected chi connectivity index (χ0v) is 10.1. The fourth-order valence-corrected chi connectivity index (χ4v) is 2.30. The predicted molar refractivity (Wildman–Crippen MR) is 61.8 cm³/mol. The molecule has 1 aromatic rings. The maximum atomic E-state index is 5.43. The highest BCUT2D eigenvalue weighted by Crippen LogP contribution is 2.35. The maximum Gasteiger partial charge on any atom is 0.171 e. The van der Waals surface area contributed by atoms with Gasteiger partial charge in [0.25, 0.3) is 0 Å². The lowest BCUT2D eigenvalue weighted by atomic mass is 10.3. The molecule has 0 bridgehead atoms. The molecule has 0 aliphatic rings. The fourth-order valence-electron chi connectivity index (χ4n) is 0.907. The molecule has 13 heavy (non-hydrogen) atoms. The smallest absolute Gasteiger partial charge is 0.171 e. The molecule has 1 rings (SSSR count). The van der Waals surface area contributed by atoms with Crippen LogP contribution in [-0.4, -0.2) is 0 Å². The van der Waals surface area contributed by atoms with Gasteiger partial charge in [-0.2, -0.15) is 0 Å². The Morgan fingerprint density at radius 2 is 2.08 bits per heavy atom. The normalized spacial score (nSPS) is 10.1. The van der Waals surface area contributed by atoms with Crippen molar-refractivity contribution in [2.75, 3.05) is 0 Å². The molecule has 0 aliphatic carbocycles. The van der Waals surface area contributed by atoms with Crippen molar-refractivity contribution in [1.82, 2.24) is 0 Å². The van der Waals surface area contributed by atoms with Crippen LogP contribution in [0.3, 0.4) is 0 Å². The number of rotatable bonds is 3. The Morgan fingerprint density at radius 1 is 1.46 bits per heavy atom. The lowest BCUT2D eigenvalue weighted by Crippen LogP contribution is -1.75.